The molecule has 0 radical (unpaired) electrons. The van der Waals surface area contributed by atoms with Crippen LogP contribution in [0, 0.1) is 5.41 Å². The first kappa shape index (κ1) is 14.5. The quantitative estimate of drug-likeness (QED) is 0.755. The number of amides is 2. The van der Waals surface area contributed by atoms with Crippen LogP contribution in [0.2, 0.25) is 0 Å². The summed E-state index contributed by atoms with van der Waals surface area (Å²) in [6, 6.07) is -0.210. The first-order valence-corrected chi connectivity index (χ1v) is 6.14. The van der Waals surface area contributed by atoms with E-state index < -0.39 is 16.9 Å². The van der Waals surface area contributed by atoms with Crippen molar-refractivity contribution in [1.29, 1.82) is 0 Å². The van der Waals surface area contributed by atoms with E-state index in [1.807, 2.05) is 12.2 Å². The summed E-state index contributed by atoms with van der Waals surface area (Å²) >= 11 is 0. The van der Waals surface area contributed by atoms with E-state index in [-0.39, 0.29) is 6.03 Å². The van der Waals surface area contributed by atoms with Gasteiger partial charge >= 0.3 is 12.0 Å². The molecule has 5 heteroatoms. The zero-order valence-electron chi connectivity index (χ0n) is 11.5. The molecule has 0 saturated carbocycles. The Morgan fingerprint density at radius 3 is 2.28 bits per heavy atom. The number of carboxylic acids is 1. The van der Waals surface area contributed by atoms with Gasteiger partial charge in [-0.15, -0.1) is 0 Å². The first-order valence-electron chi connectivity index (χ1n) is 6.14. The smallest absolute Gasteiger partial charge is 0.318 e. The van der Waals surface area contributed by atoms with Crippen LogP contribution in [0.15, 0.2) is 12.2 Å². The van der Waals surface area contributed by atoms with Gasteiger partial charge in [0.25, 0.3) is 0 Å². The average molecular weight is 254 g/mol. The highest BCUT2D eigenvalue weighted by molar-refractivity contribution is 5.79. The number of hydrogen-bond donors (Lipinski definition) is 2. The van der Waals surface area contributed by atoms with Crippen LogP contribution in [0.25, 0.3) is 0 Å². The monoisotopic (exact) mass is 254 g/mol. The molecule has 0 aromatic rings. The molecule has 0 atom stereocenters. The number of hydrogen-bond acceptors (Lipinski definition) is 2. The molecule has 18 heavy (non-hydrogen) atoms. The minimum atomic E-state index is -1.03. The lowest BCUT2D eigenvalue weighted by Gasteiger charge is -2.40. The van der Waals surface area contributed by atoms with Crippen molar-refractivity contribution in [1.82, 2.24) is 10.2 Å². The lowest BCUT2D eigenvalue weighted by Crippen LogP contribution is -2.59. The third-order valence-corrected chi connectivity index (χ3v) is 3.86. The maximum absolute atomic E-state index is 12.1. The normalized spacial score (nSPS) is 16.6. The number of carbonyl (C=O) groups excluding carboxylic acids is 1. The van der Waals surface area contributed by atoms with E-state index in [0.29, 0.717) is 13.1 Å². The van der Waals surface area contributed by atoms with E-state index in [1.165, 1.54) is 0 Å². The molecule has 1 aliphatic rings. The molecule has 0 fully saturated rings. The minimum Gasteiger partial charge on any atom is -0.481 e. The van der Waals surface area contributed by atoms with Crippen LogP contribution in [-0.4, -0.2) is 40.6 Å². The second-order valence-corrected chi connectivity index (χ2v) is 5.69. The first-order chi connectivity index (χ1) is 8.18. The Hall–Kier alpha value is -1.52. The van der Waals surface area contributed by atoms with Crippen molar-refractivity contribution in [2.24, 2.45) is 5.41 Å². The maximum atomic E-state index is 12.1. The van der Waals surface area contributed by atoms with Crippen molar-refractivity contribution in [2.75, 3.05) is 13.1 Å². The molecule has 5 nitrogen and oxygen atoms in total. The fourth-order valence-corrected chi connectivity index (χ4v) is 1.60. The molecule has 0 spiro atoms. The van der Waals surface area contributed by atoms with Gasteiger partial charge in [-0.1, -0.05) is 12.2 Å². The Morgan fingerprint density at radius 2 is 1.83 bits per heavy atom. The second-order valence-electron chi connectivity index (χ2n) is 5.69. The van der Waals surface area contributed by atoms with Gasteiger partial charge < -0.3 is 15.3 Å². The van der Waals surface area contributed by atoms with Gasteiger partial charge in [0.05, 0.1) is 11.0 Å². The lowest BCUT2D eigenvalue weighted by atomic mass is 9.74. The van der Waals surface area contributed by atoms with Gasteiger partial charge in [0.2, 0.25) is 0 Å². The van der Waals surface area contributed by atoms with Gasteiger partial charge in [-0.2, -0.15) is 0 Å². The molecule has 0 saturated heterocycles. The third-order valence-electron chi connectivity index (χ3n) is 3.86. The number of aliphatic carboxylic acids is 1. The molecule has 102 valence electrons. The van der Waals surface area contributed by atoms with Crippen molar-refractivity contribution < 1.29 is 14.7 Å². The van der Waals surface area contributed by atoms with E-state index in [2.05, 4.69) is 5.32 Å². The average Bonchev–Trinajstić information content (AvgIpc) is 2.29. The van der Waals surface area contributed by atoms with Crippen molar-refractivity contribution in [3.05, 3.63) is 12.2 Å². The van der Waals surface area contributed by atoms with Crippen molar-refractivity contribution in [2.45, 2.75) is 39.7 Å². The molecule has 0 unspecified atom stereocenters. The Balaban J connectivity index is 2.73. The number of nitrogens with one attached hydrogen (secondary N) is 1. The fraction of sp³-hybridized carbons (Fsp3) is 0.692. The summed E-state index contributed by atoms with van der Waals surface area (Å²) in [6.07, 6.45) is 4.82. The van der Waals surface area contributed by atoms with Gasteiger partial charge in [0, 0.05) is 13.1 Å². The summed E-state index contributed by atoms with van der Waals surface area (Å²) in [7, 11) is 0. The number of carboxylic acid groups (broad SMARTS) is 1. The topological polar surface area (TPSA) is 69.6 Å². The zero-order chi connectivity index (χ0) is 14.0. The third kappa shape index (κ3) is 2.83. The van der Waals surface area contributed by atoms with Gasteiger partial charge in [-0.05, 0) is 34.1 Å². The lowest BCUT2D eigenvalue weighted by molar-refractivity contribution is -0.150. The molecule has 1 aliphatic heterocycles. The van der Waals surface area contributed by atoms with Gasteiger partial charge in [-0.25, -0.2) is 4.79 Å². The maximum Gasteiger partial charge on any atom is 0.318 e. The Bertz CT molecular complexity index is 372. The summed E-state index contributed by atoms with van der Waals surface area (Å²) < 4.78 is 0. The Morgan fingerprint density at radius 1 is 1.22 bits per heavy atom. The zero-order valence-corrected chi connectivity index (χ0v) is 11.5. The SMILES string of the molecule is CC(C)(NC(=O)N1CC=CCC1)C(C)(C)C(=O)O. The van der Waals surface area contributed by atoms with E-state index in [9.17, 15) is 14.7 Å². The molecular formula is C13H22N2O3. The van der Waals surface area contributed by atoms with E-state index in [4.69, 9.17) is 0 Å². The predicted molar refractivity (Wildman–Crippen MR) is 69.4 cm³/mol. The number of rotatable bonds is 3. The summed E-state index contributed by atoms with van der Waals surface area (Å²) in [5, 5.41) is 12.0. The van der Waals surface area contributed by atoms with E-state index >= 15 is 0 Å². The van der Waals surface area contributed by atoms with Gasteiger partial charge in [-0.3, -0.25) is 4.79 Å². The van der Waals surface area contributed by atoms with Crippen LogP contribution in [0.3, 0.4) is 0 Å². The second kappa shape index (κ2) is 5.00. The molecule has 0 bridgehead atoms. The van der Waals surface area contributed by atoms with Crippen molar-refractivity contribution in [3.63, 3.8) is 0 Å². The summed E-state index contributed by atoms with van der Waals surface area (Å²) in [4.78, 5) is 25.0. The van der Waals surface area contributed by atoms with Crippen molar-refractivity contribution >= 4 is 12.0 Å². The number of carbonyl (C=O) groups is 2. The summed E-state index contributed by atoms with van der Waals surface area (Å²) in [5.74, 6) is -0.925. The van der Waals surface area contributed by atoms with Crippen LogP contribution in [0.1, 0.15) is 34.1 Å². The number of urea groups is 1. The number of nitrogens with zero attached hydrogens (tertiary/aromatic N) is 1. The van der Waals surface area contributed by atoms with Crippen LogP contribution >= 0.6 is 0 Å². The molecule has 1 rings (SSSR count). The molecule has 0 aromatic carbocycles. The highest BCUT2D eigenvalue weighted by atomic mass is 16.4. The van der Waals surface area contributed by atoms with Crippen molar-refractivity contribution in [3.8, 4) is 0 Å². The van der Waals surface area contributed by atoms with E-state index in [1.54, 1.807) is 32.6 Å². The van der Waals surface area contributed by atoms with Crippen LogP contribution in [0.5, 0.6) is 0 Å². The standard InChI is InChI=1S/C13H22N2O3/c1-12(2,10(16)17)13(3,4)14-11(18)15-8-6-5-7-9-15/h5-6H,7-9H2,1-4H3,(H,14,18)(H,16,17). The highest BCUT2D eigenvalue weighted by Gasteiger charge is 2.44. The largest absolute Gasteiger partial charge is 0.481 e. The Kier molecular flexibility index (Phi) is 4.04. The fourth-order valence-electron chi connectivity index (χ4n) is 1.60. The van der Waals surface area contributed by atoms with Crippen LogP contribution < -0.4 is 5.32 Å². The molecule has 2 amide bonds. The Labute approximate surface area is 108 Å². The predicted octanol–water partition coefficient (Wildman–Crippen LogP) is 1.85. The van der Waals surface area contributed by atoms with Gasteiger partial charge in [0.15, 0.2) is 0 Å². The van der Waals surface area contributed by atoms with Crippen LogP contribution in [0.4, 0.5) is 4.79 Å². The molecular weight excluding hydrogens is 232 g/mol. The van der Waals surface area contributed by atoms with Gasteiger partial charge in [0.1, 0.15) is 0 Å². The van der Waals surface area contributed by atoms with Crippen LogP contribution in [-0.2, 0) is 4.79 Å². The molecule has 0 aromatic heterocycles. The minimum absolute atomic E-state index is 0.210. The molecule has 2 N–H and O–H groups in total. The molecule has 1 heterocycles. The summed E-state index contributed by atoms with van der Waals surface area (Å²) in [6.45, 7) is 7.95. The van der Waals surface area contributed by atoms with E-state index in [0.717, 1.165) is 6.42 Å². The summed E-state index contributed by atoms with van der Waals surface area (Å²) in [5.41, 5.74) is -1.86. The highest BCUT2D eigenvalue weighted by Crippen LogP contribution is 2.30. The molecule has 0 aliphatic carbocycles.